The minimum absolute atomic E-state index is 0.00761. The maximum absolute atomic E-state index is 12.4. The molecule has 1 saturated heterocycles. The molecule has 2 amide bonds. The van der Waals surface area contributed by atoms with Gasteiger partial charge in [0.05, 0.1) is 11.6 Å². The van der Waals surface area contributed by atoms with E-state index in [1.54, 1.807) is 12.1 Å². The summed E-state index contributed by atoms with van der Waals surface area (Å²) < 4.78 is 0. The van der Waals surface area contributed by atoms with Crippen LogP contribution in [0.4, 0.5) is 5.69 Å². The predicted octanol–water partition coefficient (Wildman–Crippen LogP) is 2.99. The average molecular weight is 301 g/mol. The molecule has 0 aromatic heterocycles. The molecular weight excluding hydrogens is 278 g/mol. The minimum atomic E-state index is -0.227. The van der Waals surface area contributed by atoms with E-state index in [0.717, 1.165) is 5.56 Å². The molecule has 0 bridgehead atoms. The lowest BCUT2D eigenvalue weighted by molar-refractivity contribution is -0.123. The molecule has 0 N–H and O–H groups in total. The molecule has 0 saturated carbocycles. The molecule has 2 rings (SSSR count). The molecule has 1 aliphatic rings. The maximum atomic E-state index is 12.4. The third-order valence-corrected chi connectivity index (χ3v) is 4.20. The minimum Gasteiger partial charge on any atom is -0.299 e. The van der Waals surface area contributed by atoms with E-state index in [0.29, 0.717) is 12.1 Å². The summed E-state index contributed by atoms with van der Waals surface area (Å²) in [6.45, 7) is 7.68. The smallest absolute Gasteiger partial charge is 0.237 e. The number of Topliss-reactive ketones (excluding diaryl/α,β-unsaturated/α-hetero) is 1. The van der Waals surface area contributed by atoms with Crippen LogP contribution in [0.5, 0.6) is 0 Å². The standard InChI is InChI=1S/C18H23NO3/c1-11(2)15-10-17(21)19(18(15)22)14-7-5-13(6-8-14)9-16(20)12(3)4/h5-8,11-12,15H,9-10H2,1-4H3. The van der Waals surface area contributed by atoms with Crippen molar-refractivity contribution in [3.8, 4) is 0 Å². The van der Waals surface area contributed by atoms with Crippen molar-refractivity contribution >= 4 is 23.3 Å². The number of anilines is 1. The van der Waals surface area contributed by atoms with Crippen LogP contribution >= 0.6 is 0 Å². The summed E-state index contributed by atoms with van der Waals surface area (Å²) in [5, 5.41) is 0. The Morgan fingerprint density at radius 3 is 2.18 bits per heavy atom. The summed E-state index contributed by atoms with van der Waals surface area (Å²) in [6.07, 6.45) is 0.665. The number of carbonyl (C=O) groups is 3. The third kappa shape index (κ3) is 3.26. The van der Waals surface area contributed by atoms with Crippen LogP contribution in [0.1, 0.15) is 39.7 Å². The number of benzene rings is 1. The fourth-order valence-electron chi connectivity index (χ4n) is 2.62. The Hall–Kier alpha value is -1.97. The molecule has 118 valence electrons. The Morgan fingerprint density at radius 2 is 1.73 bits per heavy atom. The van der Waals surface area contributed by atoms with Gasteiger partial charge in [0.25, 0.3) is 0 Å². The average Bonchev–Trinajstić information content (AvgIpc) is 2.75. The molecule has 0 radical (unpaired) electrons. The normalized spacial score (nSPS) is 18.6. The van der Waals surface area contributed by atoms with Crippen molar-refractivity contribution in [3.05, 3.63) is 29.8 Å². The Morgan fingerprint density at radius 1 is 1.14 bits per heavy atom. The summed E-state index contributed by atoms with van der Waals surface area (Å²) in [5.41, 5.74) is 1.50. The highest BCUT2D eigenvalue weighted by Gasteiger charge is 2.40. The van der Waals surface area contributed by atoms with Crippen molar-refractivity contribution in [3.63, 3.8) is 0 Å². The van der Waals surface area contributed by atoms with E-state index < -0.39 is 0 Å². The van der Waals surface area contributed by atoms with E-state index in [1.807, 2.05) is 39.8 Å². The van der Waals surface area contributed by atoms with Gasteiger partial charge < -0.3 is 0 Å². The molecule has 4 heteroatoms. The number of imide groups is 1. The van der Waals surface area contributed by atoms with Gasteiger partial charge in [-0.25, -0.2) is 0 Å². The monoisotopic (exact) mass is 301 g/mol. The number of amides is 2. The fraction of sp³-hybridized carbons (Fsp3) is 0.500. The van der Waals surface area contributed by atoms with Crippen LogP contribution in [-0.4, -0.2) is 17.6 Å². The van der Waals surface area contributed by atoms with E-state index in [-0.39, 0.29) is 41.8 Å². The SMILES string of the molecule is CC(C)C(=O)Cc1ccc(N2C(=O)CC(C(C)C)C2=O)cc1. The summed E-state index contributed by atoms with van der Waals surface area (Å²) in [6, 6.07) is 7.14. The largest absolute Gasteiger partial charge is 0.299 e. The van der Waals surface area contributed by atoms with Crippen molar-refractivity contribution in [2.45, 2.75) is 40.5 Å². The molecule has 1 unspecified atom stereocenters. The number of ketones is 1. The van der Waals surface area contributed by atoms with Gasteiger partial charge in [0.15, 0.2) is 0 Å². The molecule has 1 aromatic rings. The number of rotatable bonds is 5. The van der Waals surface area contributed by atoms with Crippen LogP contribution in [0.3, 0.4) is 0 Å². The summed E-state index contributed by atoms with van der Waals surface area (Å²) in [4.78, 5) is 37.5. The third-order valence-electron chi connectivity index (χ3n) is 4.20. The van der Waals surface area contributed by atoms with Crippen LogP contribution in [0.15, 0.2) is 24.3 Å². The van der Waals surface area contributed by atoms with E-state index in [4.69, 9.17) is 0 Å². The first-order valence-corrected chi connectivity index (χ1v) is 7.79. The van der Waals surface area contributed by atoms with Crippen molar-refractivity contribution in [2.24, 2.45) is 17.8 Å². The zero-order valence-electron chi connectivity index (χ0n) is 13.6. The first-order valence-electron chi connectivity index (χ1n) is 7.79. The number of hydrogen-bond donors (Lipinski definition) is 0. The molecule has 1 fully saturated rings. The second-order valence-corrected chi connectivity index (χ2v) is 6.59. The summed E-state index contributed by atoms with van der Waals surface area (Å²) in [7, 11) is 0. The van der Waals surface area contributed by atoms with Gasteiger partial charge >= 0.3 is 0 Å². The second-order valence-electron chi connectivity index (χ2n) is 6.59. The van der Waals surface area contributed by atoms with Crippen molar-refractivity contribution in [1.29, 1.82) is 0 Å². The van der Waals surface area contributed by atoms with Gasteiger partial charge in [0.1, 0.15) is 5.78 Å². The Balaban J connectivity index is 2.15. The Bertz CT molecular complexity index is 587. The fourth-order valence-corrected chi connectivity index (χ4v) is 2.62. The zero-order chi connectivity index (χ0) is 16.4. The Labute approximate surface area is 131 Å². The van der Waals surface area contributed by atoms with Gasteiger partial charge in [-0.05, 0) is 23.6 Å². The summed E-state index contributed by atoms with van der Waals surface area (Å²) in [5.74, 6) is -0.144. The van der Waals surface area contributed by atoms with Crippen LogP contribution < -0.4 is 4.90 Å². The number of carbonyl (C=O) groups excluding carboxylic acids is 3. The molecule has 1 aliphatic heterocycles. The van der Waals surface area contributed by atoms with Crippen LogP contribution in [0, 0.1) is 17.8 Å². The van der Waals surface area contributed by atoms with Gasteiger partial charge in [-0.15, -0.1) is 0 Å². The van der Waals surface area contributed by atoms with Crippen LogP contribution in [-0.2, 0) is 20.8 Å². The molecule has 22 heavy (non-hydrogen) atoms. The quantitative estimate of drug-likeness (QED) is 0.786. The zero-order valence-corrected chi connectivity index (χ0v) is 13.6. The summed E-state index contributed by atoms with van der Waals surface area (Å²) >= 11 is 0. The lowest BCUT2D eigenvalue weighted by Gasteiger charge is -2.17. The topological polar surface area (TPSA) is 54.5 Å². The number of nitrogens with zero attached hydrogens (tertiary/aromatic N) is 1. The second kappa shape index (κ2) is 6.42. The number of hydrogen-bond acceptors (Lipinski definition) is 3. The first kappa shape index (κ1) is 16.4. The molecule has 4 nitrogen and oxygen atoms in total. The van der Waals surface area contributed by atoms with Gasteiger partial charge in [0, 0.05) is 18.8 Å². The predicted molar refractivity (Wildman–Crippen MR) is 85.4 cm³/mol. The lowest BCUT2D eigenvalue weighted by Crippen LogP contribution is -2.31. The van der Waals surface area contributed by atoms with Crippen LogP contribution in [0.2, 0.25) is 0 Å². The van der Waals surface area contributed by atoms with Gasteiger partial charge in [-0.2, -0.15) is 0 Å². The highest BCUT2D eigenvalue weighted by Crippen LogP contribution is 2.30. The van der Waals surface area contributed by atoms with E-state index >= 15 is 0 Å². The molecule has 1 atom stereocenters. The van der Waals surface area contributed by atoms with Gasteiger partial charge in [0.2, 0.25) is 11.8 Å². The highest BCUT2D eigenvalue weighted by molar-refractivity contribution is 6.21. The molecule has 1 heterocycles. The van der Waals surface area contributed by atoms with Crippen molar-refractivity contribution in [1.82, 2.24) is 0 Å². The van der Waals surface area contributed by atoms with Crippen LogP contribution in [0.25, 0.3) is 0 Å². The van der Waals surface area contributed by atoms with Crippen molar-refractivity contribution < 1.29 is 14.4 Å². The van der Waals surface area contributed by atoms with Gasteiger partial charge in [-0.1, -0.05) is 39.8 Å². The molecule has 1 aromatic carbocycles. The maximum Gasteiger partial charge on any atom is 0.237 e. The van der Waals surface area contributed by atoms with E-state index in [2.05, 4.69) is 0 Å². The molecule has 0 aliphatic carbocycles. The highest BCUT2D eigenvalue weighted by atomic mass is 16.2. The molecular formula is C18H23NO3. The Kier molecular flexibility index (Phi) is 4.79. The lowest BCUT2D eigenvalue weighted by atomic mass is 9.94. The first-order chi connectivity index (χ1) is 10.3. The van der Waals surface area contributed by atoms with E-state index in [1.165, 1.54) is 4.90 Å². The molecule has 0 spiro atoms. The van der Waals surface area contributed by atoms with E-state index in [9.17, 15) is 14.4 Å². The van der Waals surface area contributed by atoms with Gasteiger partial charge in [-0.3, -0.25) is 19.3 Å². The van der Waals surface area contributed by atoms with Crippen molar-refractivity contribution in [2.75, 3.05) is 4.90 Å².